The SMILES string of the molecule is CC(=O)OC1COC(C(F)(F)F)C1OC(C)=O. The number of halogens is 3. The molecule has 0 radical (unpaired) electrons. The van der Waals surface area contributed by atoms with E-state index >= 15 is 0 Å². The van der Waals surface area contributed by atoms with Crippen LogP contribution in [0.5, 0.6) is 0 Å². The highest BCUT2D eigenvalue weighted by Crippen LogP contribution is 2.33. The van der Waals surface area contributed by atoms with Crippen LogP contribution in [0.3, 0.4) is 0 Å². The third kappa shape index (κ3) is 3.58. The first-order chi connectivity index (χ1) is 7.71. The van der Waals surface area contributed by atoms with Crippen LogP contribution < -0.4 is 0 Å². The maximum atomic E-state index is 12.5. The Balaban J connectivity index is 2.81. The Morgan fingerprint density at radius 3 is 2.12 bits per heavy atom. The third-order valence-corrected chi connectivity index (χ3v) is 2.05. The summed E-state index contributed by atoms with van der Waals surface area (Å²) in [4.78, 5) is 21.4. The van der Waals surface area contributed by atoms with Gasteiger partial charge in [0.25, 0.3) is 0 Å². The molecule has 1 aliphatic rings. The minimum Gasteiger partial charge on any atom is -0.456 e. The van der Waals surface area contributed by atoms with E-state index in [1.807, 2.05) is 0 Å². The van der Waals surface area contributed by atoms with Gasteiger partial charge in [-0.15, -0.1) is 0 Å². The molecule has 0 aliphatic carbocycles. The molecule has 1 fully saturated rings. The highest BCUT2D eigenvalue weighted by atomic mass is 19.4. The summed E-state index contributed by atoms with van der Waals surface area (Å²) in [5, 5.41) is 0. The Bertz CT molecular complexity index is 314. The maximum Gasteiger partial charge on any atom is 0.418 e. The maximum absolute atomic E-state index is 12.5. The molecule has 1 heterocycles. The highest BCUT2D eigenvalue weighted by molar-refractivity contribution is 5.67. The monoisotopic (exact) mass is 256 g/mol. The molecule has 0 N–H and O–H groups in total. The Morgan fingerprint density at radius 1 is 1.18 bits per heavy atom. The minimum atomic E-state index is -4.69. The molecule has 3 unspecified atom stereocenters. The molecule has 0 amide bonds. The average molecular weight is 256 g/mol. The molecule has 17 heavy (non-hydrogen) atoms. The quantitative estimate of drug-likeness (QED) is 0.684. The van der Waals surface area contributed by atoms with E-state index in [4.69, 9.17) is 0 Å². The van der Waals surface area contributed by atoms with Crippen molar-refractivity contribution in [1.82, 2.24) is 0 Å². The summed E-state index contributed by atoms with van der Waals surface area (Å²) in [6.45, 7) is 1.56. The molecular weight excluding hydrogens is 245 g/mol. The van der Waals surface area contributed by atoms with E-state index in [0.717, 1.165) is 13.8 Å². The largest absolute Gasteiger partial charge is 0.456 e. The minimum absolute atomic E-state index is 0.457. The standard InChI is InChI=1S/C9H11F3O5/c1-4(13)16-6-3-15-8(9(10,11)12)7(6)17-5(2)14/h6-8H,3H2,1-2H3. The molecule has 1 saturated heterocycles. The molecule has 0 aromatic rings. The number of alkyl halides is 3. The van der Waals surface area contributed by atoms with E-state index in [-0.39, 0.29) is 0 Å². The second-order valence-electron chi connectivity index (χ2n) is 3.52. The van der Waals surface area contributed by atoms with E-state index in [1.165, 1.54) is 0 Å². The van der Waals surface area contributed by atoms with Crippen molar-refractivity contribution >= 4 is 11.9 Å². The highest BCUT2D eigenvalue weighted by Gasteiger charge is 2.55. The molecule has 0 aromatic carbocycles. The molecule has 98 valence electrons. The number of rotatable bonds is 2. The van der Waals surface area contributed by atoms with Gasteiger partial charge >= 0.3 is 18.1 Å². The zero-order valence-corrected chi connectivity index (χ0v) is 9.11. The van der Waals surface area contributed by atoms with Gasteiger partial charge in [0, 0.05) is 13.8 Å². The fourth-order valence-corrected chi connectivity index (χ4v) is 1.51. The van der Waals surface area contributed by atoms with E-state index in [2.05, 4.69) is 14.2 Å². The zero-order chi connectivity index (χ0) is 13.2. The van der Waals surface area contributed by atoms with Crippen LogP contribution in [0, 0.1) is 0 Å². The van der Waals surface area contributed by atoms with Gasteiger partial charge < -0.3 is 14.2 Å². The van der Waals surface area contributed by atoms with Crippen LogP contribution in [-0.4, -0.2) is 43.0 Å². The Morgan fingerprint density at radius 2 is 1.71 bits per heavy atom. The number of hydrogen-bond donors (Lipinski definition) is 0. The first kappa shape index (κ1) is 13.8. The van der Waals surface area contributed by atoms with Gasteiger partial charge in [-0.05, 0) is 0 Å². The third-order valence-electron chi connectivity index (χ3n) is 2.05. The predicted octanol–water partition coefficient (Wildman–Crippen LogP) is 0.811. The molecule has 0 bridgehead atoms. The fourth-order valence-electron chi connectivity index (χ4n) is 1.51. The number of carbonyl (C=O) groups is 2. The first-order valence-electron chi connectivity index (χ1n) is 4.74. The van der Waals surface area contributed by atoms with Gasteiger partial charge in [-0.1, -0.05) is 0 Å². The van der Waals surface area contributed by atoms with E-state index < -0.39 is 43.0 Å². The topological polar surface area (TPSA) is 61.8 Å². The van der Waals surface area contributed by atoms with Gasteiger partial charge in [0.2, 0.25) is 0 Å². The van der Waals surface area contributed by atoms with E-state index in [1.54, 1.807) is 0 Å². The van der Waals surface area contributed by atoms with Crippen molar-refractivity contribution in [3.8, 4) is 0 Å². The summed E-state index contributed by atoms with van der Waals surface area (Å²) < 4.78 is 51.1. The lowest BCUT2D eigenvalue weighted by Crippen LogP contribution is -2.44. The summed E-state index contributed by atoms with van der Waals surface area (Å²) in [6, 6.07) is 0. The lowest BCUT2D eigenvalue weighted by Gasteiger charge is -2.23. The zero-order valence-electron chi connectivity index (χ0n) is 9.11. The van der Waals surface area contributed by atoms with Crippen LogP contribution >= 0.6 is 0 Å². The first-order valence-corrected chi connectivity index (χ1v) is 4.74. The number of ether oxygens (including phenoxy) is 3. The van der Waals surface area contributed by atoms with Gasteiger partial charge in [0.15, 0.2) is 18.3 Å². The van der Waals surface area contributed by atoms with Crippen LogP contribution in [0.4, 0.5) is 13.2 Å². The molecule has 0 aromatic heterocycles. The Labute approximate surface area is 94.8 Å². The van der Waals surface area contributed by atoms with Crippen LogP contribution in [0.15, 0.2) is 0 Å². The van der Waals surface area contributed by atoms with Crippen LogP contribution in [-0.2, 0) is 23.8 Å². The van der Waals surface area contributed by atoms with Crippen molar-refractivity contribution in [3.05, 3.63) is 0 Å². The van der Waals surface area contributed by atoms with Gasteiger partial charge in [0.1, 0.15) is 0 Å². The summed E-state index contributed by atoms with van der Waals surface area (Å²) in [7, 11) is 0. The normalized spacial score (nSPS) is 28.9. The van der Waals surface area contributed by atoms with Crippen molar-refractivity contribution in [3.63, 3.8) is 0 Å². The Hall–Kier alpha value is -1.31. The fraction of sp³-hybridized carbons (Fsp3) is 0.778. The van der Waals surface area contributed by atoms with Crippen molar-refractivity contribution < 1.29 is 37.0 Å². The van der Waals surface area contributed by atoms with Crippen LogP contribution in [0.1, 0.15) is 13.8 Å². The van der Waals surface area contributed by atoms with Crippen LogP contribution in [0.25, 0.3) is 0 Å². The molecule has 0 spiro atoms. The summed E-state index contributed by atoms with van der Waals surface area (Å²) in [5.41, 5.74) is 0. The number of carbonyl (C=O) groups excluding carboxylic acids is 2. The van der Waals surface area contributed by atoms with Crippen molar-refractivity contribution in [2.45, 2.75) is 38.3 Å². The van der Waals surface area contributed by atoms with Crippen molar-refractivity contribution in [1.29, 1.82) is 0 Å². The van der Waals surface area contributed by atoms with E-state index in [9.17, 15) is 22.8 Å². The average Bonchev–Trinajstić information content (AvgIpc) is 2.45. The molecular formula is C9H11F3O5. The second kappa shape index (κ2) is 4.91. The van der Waals surface area contributed by atoms with Gasteiger partial charge in [-0.25, -0.2) is 0 Å². The van der Waals surface area contributed by atoms with Crippen molar-refractivity contribution in [2.24, 2.45) is 0 Å². The summed E-state index contributed by atoms with van der Waals surface area (Å²) in [6.07, 6.45) is -9.84. The molecule has 1 aliphatic heterocycles. The van der Waals surface area contributed by atoms with Crippen LogP contribution in [0.2, 0.25) is 0 Å². The second-order valence-corrected chi connectivity index (χ2v) is 3.52. The molecule has 3 atom stereocenters. The molecule has 0 saturated carbocycles. The molecule has 8 heteroatoms. The Kier molecular flexibility index (Phi) is 3.97. The van der Waals surface area contributed by atoms with Gasteiger partial charge in [0.05, 0.1) is 6.61 Å². The lowest BCUT2D eigenvalue weighted by molar-refractivity contribution is -0.230. The molecule has 1 rings (SSSR count). The van der Waals surface area contributed by atoms with Gasteiger partial charge in [-0.2, -0.15) is 13.2 Å². The number of hydrogen-bond acceptors (Lipinski definition) is 5. The summed E-state index contributed by atoms with van der Waals surface area (Å²) >= 11 is 0. The van der Waals surface area contributed by atoms with E-state index in [0.29, 0.717) is 0 Å². The summed E-state index contributed by atoms with van der Waals surface area (Å²) in [5.74, 6) is -1.66. The molecule has 5 nitrogen and oxygen atoms in total. The lowest BCUT2D eigenvalue weighted by atomic mass is 10.1. The van der Waals surface area contributed by atoms with Crippen molar-refractivity contribution in [2.75, 3.05) is 6.61 Å². The smallest absolute Gasteiger partial charge is 0.418 e. The predicted molar refractivity (Wildman–Crippen MR) is 46.9 cm³/mol. The van der Waals surface area contributed by atoms with Gasteiger partial charge in [-0.3, -0.25) is 9.59 Å². The number of esters is 2.